The third-order valence-electron chi connectivity index (χ3n) is 1.89. The minimum atomic E-state index is -4.43. The number of halogens is 1. The van der Waals surface area contributed by atoms with Crippen LogP contribution in [0.3, 0.4) is 0 Å². The zero-order chi connectivity index (χ0) is 10.9. The summed E-state index contributed by atoms with van der Waals surface area (Å²) in [5.74, 6) is -0.545. The van der Waals surface area contributed by atoms with Gasteiger partial charge in [-0.2, -0.15) is 13.5 Å². The lowest BCUT2D eigenvalue weighted by Crippen LogP contribution is -2.02. The maximum atomic E-state index is 12.3. The molecule has 5 nitrogen and oxygen atoms in total. The summed E-state index contributed by atoms with van der Waals surface area (Å²) in [5, 5.41) is 4.04. The number of rotatable bonds is 3. The van der Waals surface area contributed by atoms with E-state index in [9.17, 15) is 12.3 Å². The predicted octanol–water partition coefficient (Wildman–Crippen LogP) is 0.571. The van der Waals surface area contributed by atoms with E-state index in [1.165, 1.54) is 4.52 Å². The van der Waals surface area contributed by atoms with Gasteiger partial charge in [-0.15, -0.1) is 3.89 Å². The van der Waals surface area contributed by atoms with E-state index in [-0.39, 0.29) is 6.42 Å². The molecule has 0 saturated carbocycles. The molecule has 0 aliphatic heterocycles. The van der Waals surface area contributed by atoms with Crippen LogP contribution in [0, 0.1) is 0 Å². The molecule has 0 radical (unpaired) electrons. The third kappa shape index (κ3) is 2.50. The molecule has 80 valence electrons. The Kier molecular flexibility index (Phi) is 2.39. The first-order valence-electron chi connectivity index (χ1n) is 4.26. The fraction of sp³-hybridized carbons (Fsp3) is 0.250. The van der Waals surface area contributed by atoms with Crippen molar-refractivity contribution in [1.29, 1.82) is 0 Å². The molecule has 2 heterocycles. The molecule has 0 atom stereocenters. The van der Waals surface area contributed by atoms with E-state index in [1.807, 2.05) is 0 Å². The highest BCUT2D eigenvalue weighted by atomic mass is 32.3. The van der Waals surface area contributed by atoms with Crippen molar-refractivity contribution in [3.05, 3.63) is 30.2 Å². The molecule has 0 aromatic carbocycles. The van der Waals surface area contributed by atoms with Crippen molar-refractivity contribution < 1.29 is 12.3 Å². The van der Waals surface area contributed by atoms with Gasteiger partial charge in [0.15, 0.2) is 5.65 Å². The van der Waals surface area contributed by atoms with Gasteiger partial charge in [0.2, 0.25) is 0 Å². The minimum Gasteiger partial charge on any atom is -0.237 e. The van der Waals surface area contributed by atoms with Gasteiger partial charge in [-0.1, -0.05) is 0 Å². The Morgan fingerprint density at radius 1 is 1.47 bits per heavy atom. The number of aromatic nitrogens is 3. The Balaban J connectivity index is 2.23. The van der Waals surface area contributed by atoms with Gasteiger partial charge >= 0.3 is 10.2 Å². The Morgan fingerprint density at radius 2 is 2.27 bits per heavy atom. The Labute approximate surface area is 85.8 Å². The van der Waals surface area contributed by atoms with Crippen molar-refractivity contribution in [3.63, 3.8) is 0 Å². The highest BCUT2D eigenvalue weighted by Gasteiger charge is 2.09. The second-order valence-corrected chi connectivity index (χ2v) is 4.54. The summed E-state index contributed by atoms with van der Waals surface area (Å²) in [7, 11) is -4.43. The first kappa shape index (κ1) is 10.0. The molecular weight excluding hydrogens is 221 g/mol. The maximum Gasteiger partial charge on any atom is 0.302 e. The minimum absolute atomic E-state index is 0.0577. The number of hydrogen-bond donors (Lipinski definition) is 0. The van der Waals surface area contributed by atoms with Gasteiger partial charge in [0, 0.05) is 24.9 Å². The first-order chi connectivity index (χ1) is 7.04. The third-order valence-corrected chi connectivity index (χ3v) is 2.58. The number of fused-ring (bicyclic) bond motifs is 1. The van der Waals surface area contributed by atoms with Gasteiger partial charge in [-0.05, 0) is 6.07 Å². The molecule has 0 aliphatic carbocycles. The summed E-state index contributed by atoms with van der Waals surface area (Å²) in [6, 6.07) is 3.33. The fourth-order valence-corrected chi connectivity index (χ4v) is 1.68. The first-order valence-corrected chi connectivity index (χ1v) is 5.81. The number of hydrogen-bond acceptors (Lipinski definition) is 4. The smallest absolute Gasteiger partial charge is 0.237 e. The van der Waals surface area contributed by atoms with E-state index in [4.69, 9.17) is 0 Å². The topological polar surface area (TPSA) is 64.3 Å². The normalized spacial score (nSPS) is 12.1. The molecule has 15 heavy (non-hydrogen) atoms. The van der Waals surface area contributed by atoms with Crippen molar-refractivity contribution in [1.82, 2.24) is 14.6 Å². The van der Waals surface area contributed by atoms with E-state index in [2.05, 4.69) is 10.1 Å². The zero-order valence-corrected chi connectivity index (χ0v) is 8.48. The average Bonchev–Trinajstić information content (AvgIpc) is 2.56. The molecule has 0 aliphatic rings. The van der Waals surface area contributed by atoms with Gasteiger partial charge in [-0.3, -0.25) is 0 Å². The predicted molar refractivity (Wildman–Crippen MR) is 51.6 cm³/mol. The molecule has 2 aromatic heterocycles. The van der Waals surface area contributed by atoms with Gasteiger partial charge < -0.3 is 0 Å². The van der Waals surface area contributed by atoms with Crippen molar-refractivity contribution >= 4 is 15.9 Å². The molecule has 0 bridgehead atoms. The highest BCUT2D eigenvalue weighted by molar-refractivity contribution is 7.86. The number of aryl methyl sites for hydroxylation is 1. The molecule has 0 spiro atoms. The Bertz CT molecular complexity index is 545. The van der Waals surface area contributed by atoms with Crippen molar-refractivity contribution in [2.75, 3.05) is 5.75 Å². The lowest BCUT2D eigenvalue weighted by molar-refractivity contribution is 0.551. The summed E-state index contributed by atoms with van der Waals surface area (Å²) in [5.41, 5.74) is 1.12. The maximum absolute atomic E-state index is 12.3. The van der Waals surface area contributed by atoms with Crippen LogP contribution in [0.4, 0.5) is 3.89 Å². The molecule has 0 amide bonds. The van der Waals surface area contributed by atoms with Gasteiger partial charge in [0.05, 0.1) is 11.4 Å². The molecular formula is C8H8FN3O2S. The van der Waals surface area contributed by atoms with Crippen molar-refractivity contribution in [2.45, 2.75) is 6.42 Å². The quantitative estimate of drug-likeness (QED) is 0.722. The molecule has 0 unspecified atom stereocenters. The monoisotopic (exact) mass is 229 g/mol. The van der Waals surface area contributed by atoms with Crippen LogP contribution in [0.2, 0.25) is 0 Å². The van der Waals surface area contributed by atoms with Gasteiger partial charge in [0.1, 0.15) is 0 Å². The van der Waals surface area contributed by atoms with E-state index >= 15 is 0 Å². The summed E-state index contributed by atoms with van der Waals surface area (Å²) in [6.45, 7) is 0. The van der Waals surface area contributed by atoms with E-state index < -0.39 is 16.0 Å². The average molecular weight is 229 g/mol. The fourth-order valence-electron chi connectivity index (χ4n) is 1.23. The molecule has 0 N–H and O–H groups in total. The summed E-state index contributed by atoms with van der Waals surface area (Å²) < 4.78 is 34.4. The highest BCUT2D eigenvalue weighted by Crippen LogP contribution is 2.05. The van der Waals surface area contributed by atoms with E-state index in [0.29, 0.717) is 11.3 Å². The van der Waals surface area contributed by atoms with Crippen LogP contribution >= 0.6 is 0 Å². The molecule has 0 fully saturated rings. The van der Waals surface area contributed by atoms with Crippen molar-refractivity contribution in [2.24, 2.45) is 0 Å². The lowest BCUT2D eigenvalue weighted by atomic mass is 10.3. The Morgan fingerprint density at radius 3 is 2.93 bits per heavy atom. The zero-order valence-electron chi connectivity index (χ0n) is 7.67. The van der Waals surface area contributed by atoms with Crippen LogP contribution in [0.15, 0.2) is 24.5 Å². The molecule has 0 saturated heterocycles. The summed E-state index contributed by atoms with van der Waals surface area (Å²) in [6.07, 6.45) is 3.35. The lowest BCUT2D eigenvalue weighted by Gasteiger charge is -1.90. The standard InChI is InChI=1S/C8H8FN3O2S/c9-15(13,14)5-2-7-6-8-10-3-1-4-12(8)11-7/h1,3-4,6H,2,5H2. The second kappa shape index (κ2) is 3.58. The largest absolute Gasteiger partial charge is 0.302 e. The number of nitrogens with zero attached hydrogens (tertiary/aromatic N) is 3. The van der Waals surface area contributed by atoms with Crippen LogP contribution in [0.5, 0.6) is 0 Å². The van der Waals surface area contributed by atoms with Gasteiger partial charge in [-0.25, -0.2) is 9.50 Å². The Hall–Kier alpha value is -1.50. The summed E-state index contributed by atoms with van der Waals surface area (Å²) >= 11 is 0. The molecule has 7 heteroatoms. The molecule has 2 rings (SSSR count). The van der Waals surface area contributed by atoms with Gasteiger partial charge in [0.25, 0.3) is 0 Å². The summed E-state index contributed by atoms with van der Waals surface area (Å²) in [4.78, 5) is 4.00. The van der Waals surface area contributed by atoms with Crippen LogP contribution in [-0.2, 0) is 16.6 Å². The molecule has 2 aromatic rings. The van der Waals surface area contributed by atoms with Crippen molar-refractivity contribution in [3.8, 4) is 0 Å². The van der Waals surface area contributed by atoms with E-state index in [0.717, 1.165) is 0 Å². The van der Waals surface area contributed by atoms with Crippen LogP contribution < -0.4 is 0 Å². The van der Waals surface area contributed by atoms with Crippen LogP contribution in [-0.4, -0.2) is 28.8 Å². The van der Waals surface area contributed by atoms with Crippen LogP contribution in [0.25, 0.3) is 5.65 Å². The second-order valence-electron chi connectivity index (χ2n) is 3.05. The van der Waals surface area contributed by atoms with Crippen LogP contribution in [0.1, 0.15) is 5.69 Å². The SMILES string of the molecule is O=S(=O)(F)CCc1cc2ncccn2n1. The van der Waals surface area contributed by atoms with E-state index in [1.54, 1.807) is 24.5 Å².